The molecule has 1 rings (SSSR count). The fraction of sp³-hybridized carbons (Fsp3) is 0.273. The number of nitrogens with one attached hydrogen (secondary N) is 1. The third kappa shape index (κ3) is 3.33. The zero-order valence-corrected chi connectivity index (χ0v) is 9.52. The average molecular weight is 230 g/mol. The van der Waals surface area contributed by atoms with E-state index in [2.05, 4.69) is 12.2 Å². The SMILES string of the molecule is CC(NC/C=C/Cl)c1ccccc1Cl. The molecule has 0 fully saturated rings. The third-order valence-corrected chi connectivity index (χ3v) is 2.53. The summed E-state index contributed by atoms with van der Waals surface area (Å²) in [6, 6.07) is 8.06. The van der Waals surface area contributed by atoms with E-state index in [1.54, 1.807) is 0 Å². The fourth-order valence-electron chi connectivity index (χ4n) is 1.23. The maximum Gasteiger partial charge on any atom is 0.0453 e. The van der Waals surface area contributed by atoms with Crippen molar-refractivity contribution in [3.05, 3.63) is 46.5 Å². The van der Waals surface area contributed by atoms with E-state index in [0.717, 1.165) is 17.1 Å². The molecule has 0 heterocycles. The van der Waals surface area contributed by atoms with Crippen molar-refractivity contribution in [2.45, 2.75) is 13.0 Å². The van der Waals surface area contributed by atoms with Crippen molar-refractivity contribution in [1.29, 1.82) is 0 Å². The second-order valence-corrected chi connectivity index (χ2v) is 3.67. The van der Waals surface area contributed by atoms with Crippen LogP contribution in [0.2, 0.25) is 5.02 Å². The molecular formula is C11H13Cl2N. The maximum absolute atomic E-state index is 6.05. The van der Waals surface area contributed by atoms with Crippen LogP contribution in [-0.4, -0.2) is 6.54 Å². The van der Waals surface area contributed by atoms with Crippen LogP contribution in [0, 0.1) is 0 Å². The van der Waals surface area contributed by atoms with E-state index in [-0.39, 0.29) is 6.04 Å². The number of halogens is 2. The Morgan fingerprint density at radius 1 is 1.43 bits per heavy atom. The maximum atomic E-state index is 6.05. The van der Waals surface area contributed by atoms with Crippen molar-refractivity contribution < 1.29 is 0 Å². The first-order valence-corrected chi connectivity index (χ1v) is 5.30. The van der Waals surface area contributed by atoms with E-state index >= 15 is 0 Å². The molecule has 1 atom stereocenters. The molecule has 76 valence electrons. The van der Waals surface area contributed by atoms with Crippen molar-refractivity contribution in [3.63, 3.8) is 0 Å². The van der Waals surface area contributed by atoms with Gasteiger partial charge in [0.15, 0.2) is 0 Å². The summed E-state index contributed by atoms with van der Waals surface area (Å²) in [6.07, 6.45) is 1.86. The Morgan fingerprint density at radius 3 is 2.79 bits per heavy atom. The van der Waals surface area contributed by atoms with E-state index in [4.69, 9.17) is 23.2 Å². The average Bonchev–Trinajstić information content (AvgIpc) is 2.18. The molecule has 1 N–H and O–H groups in total. The predicted octanol–water partition coefficient (Wildman–Crippen LogP) is 3.74. The van der Waals surface area contributed by atoms with Crippen LogP contribution in [-0.2, 0) is 0 Å². The lowest BCUT2D eigenvalue weighted by atomic mass is 10.1. The van der Waals surface area contributed by atoms with E-state index in [1.807, 2.05) is 30.3 Å². The summed E-state index contributed by atoms with van der Waals surface area (Å²) in [7, 11) is 0. The summed E-state index contributed by atoms with van der Waals surface area (Å²) < 4.78 is 0. The molecule has 1 nitrogen and oxygen atoms in total. The summed E-state index contributed by atoms with van der Waals surface area (Å²) >= 11 is 11.5. The Morgan fingerprint density at radius 2 is 2.14 bits per heavy atom. The Kier molecular flexibility index (Phi) is 5.02. The first-order valence-electron chi connectivity index (χ1n) is 4.48. The van der Waals surface area contributed by atoms with Crippen LogP contribution in [0.1, 0.15) is 18.5 Å². The zero-order chi connectivity index (χ0) is 10.4. The monoisotopic (exact) mass is 229 g/mol. The number of benzene rings is 1. The molecule has 0 saturated carbocycles. The quantitative estimate of drug-likeness (QED) is 0.830. The van der Waals surface area contributed by atoms with Crippen molar-refractivity contribution in [3.8, 4) is 0 Å². The van der Waals surface area contributed by atoms with Gasteiger partial charge >= 0.3 is 0 Å². The van der Waals surface area contributed by atoms with E-state index in [0.29, 0.717) is 0 Å². The topological polar surface area (TPSA) is 12.0 Å². The summed E-state index contributed by atoms with van der Waals surface area (Å²) in [5.41, 5.74) is 2.61. The predicted molar refractivity (Wildman–Crippen MR) is 62.9 cm³/mol. The van der Waals surface area contributed by atoms with Gasteiger partial charge in [-0.2, -0.15) is 0 Å². The van der Waals surface area contributed by atoms with Crippen molar-refractivity contribution in [2.24, 2.45) is 0 Å². The van der Waals surface area contributed by atoms with Crippen LogP contribution in [0.4, 0.5) is 0 Å². The second-order valence-electron chi connectivity index (χ2n) is 3.01. The minimum absolute atomic E-state index is 0.233. The van der Waals surface area contributed by atoms with Crippen LogP contribution in [0.3, 0.4) is 0 Å². The smallest absolute Gasteiger partial charge is 0.0453 e. The summed E-state index contributed by atoms with van der Waals surface area (Å²) in [6.45, 7) is 2.82. The summed E-state index contributed by atoms with van der Waals surface area (Å²) in [5, 5.41) is 4.08. The third-order valence-electron chi connectivity index (χ3n) is 2.00. The normalized spacial score (nSPS) is 13.4. The minimum Gasteiger partial charge on any atom is -0.307 e. The molecule has 0 amide bonds. The molecule has 1 unspecified atom stereocenters. The van der Waals surface area contributed by atoms with Crippen LogP contribution in [0.25, 0.3) is 0 Å². The highest BCUT2D eigenvalue weighted by molar-refractivity contribution is 6.31. The van der Waals surface area contributed by atoms with Crippen LogP contribution >= 0.6 is 23.2 Å². The fourth-order valence-corrected chi connectivity index (χ4v) is 1.61. The van der Waals surface area contributed by atoms with Crippen LogP contribution in [0.5, 0.6) is 0 Å². The molecule has 0 radical (unpaired) electrons. The largest absolute Gasteiger partial charge is 0.307 e. The Balaban J connectivity index is 2.60. The van der Waals surface area contributed by atoms with Crippen molar-refractivity contribution in [2.75, 3.05) is 6.54 Å². The molecule has 0 aliphatic carbocycles. The number of hydrogen-bond acceptors (Lipinski definition) is 1. The molecule has 1 aromatic rings. The van der Waals surface area contributed by atoms with Crippen molar-refractivity contribution >= 4 is 23.2 Å². The molecule has 3 heteroatoms. The van der Waals surface area contributed by atoms with E-state index in [1.165, 1.54) is 5.54 Å². The lowest BCUT2D eigenvalue weighted by molar-refractivity contribution is 0.618. The molecule has 0 aliphatic heterocycles. The van der Waals surface area contributed by atoms with Gasteiger partial charge in [0, 0.05) is 23.1 Å². The van der Waals surface area contributed by atoms with Gasteiger partial charge in [0.1, 0.15) is 0 Å². The van der Waals surface area contributed by atoms with Crippen LogP contribution in [0.15, 0.2) is 35.9 Å². The highest BCUT2D eigenvalue weighted by atomic mass is 35.5. The molecule has 1 aromatic carbocycles. The Labute approximate surface area is 94.7 Å². The van der Waals surface area contributed by atoms with Gasteiger partial charge in [-0.25, -0.2) is 0 Å². The highest BCUT2D eigenvalue weighted by Crippen LogP contribution is 2.21. The van der Waals surface area contributed by atoms with Crippen molar-refractivity contribution in [1.82, 2.24) is 5.32 Å². The van der Waals surface area contributed by atoms with E-state index in [9.17, 15) is 0 Å². The molecule has 0 bridgehead atoms. The van der Waals surface area contributed by atoms with Gasteiger partial charge in [-0.1, -0.05) is 47.5 Å². The molecule has 0 aromatic heterocycles. The van der Waals surface area contributed by atoms with Crippen LogP contribution < -0.4 is 5.32 Å². The van der Waals surface area contributed by atoms with Gasteiger partial charge in [0.25, 0.3) is 0 Å². The molecular weight excluding hydrogens is 217 g/mol. The van der Waals surface area contributed by atoms with Gasteiger partial charge in [-0.15, -0.1) is 0 Å². The summed E-state index contributed by atoms with van der Waals surface area (Å²) in [4.78, 5) is 0. The lowest BCUT2D eigenvalue weighted by Gasteiger charge is -2.13. The summed E-state index contributed by atoms with van der Waals surface area (Å²) in [5.74, 6) is 0. The minimum atomic E-state index is 0.233. The van der Waals surface area contributed by atoms with Gasteiger partial charge in [-0.05, 0) is 18.6 Å². The molecule has 0 spiro atoms. The van der Waals surface area contributed by atoms with Gasteiger partial charge in [0.05, 0.1) is 0 Å². The Hall–Kier alpha value is -0.500. The standard InChI is InChI=1S/C11H13Cl2N/c1-9(14-8-4-7-12)10-5-2-3-6-11(10)13/h2-7,9,14H,8H2,1H3/b7-4+. The van der Waals surface area contributed by atoms with Gasteiger partial charge < -0.3 is 5.32 Å². The number of hydrogen-bond donors (Lipinski definition) is 1. The molecule has 0 saturated heterocycles. The van der Waals surface area contributed by atoms with Gasteiger partial charge in [-0.3, -0.25) is 0 Å². The zero-order valence-electron chi connectivity index (χ0n) is 8.00. The second kappa shape index (κ2) is 6.07. The lowest BCUT2D eigenvalue weighted by Crippen LogP contribution is -2.18. The Bertz CT molecular complexity index is 310. The highest BCUT2D eigenvalue weighted by Gasteiger charge is 2.06. The first kappa shape index (κ1) is 11.6. The molecule has 0 aliphatic rings. The van der Waals surface area contributed by atoms with Gasteiger partial charge in [0.2, 0.25) is 0 Å². The number of rotatable bonds is 4. The van der Waals surface area contributed by atoms with E-state index < -0.39 is 0 Å². The molecule has 14 heavy (non-hydrogen) atoms. The first-order chi connectivity index (χ1) is 6.75.